The first-order chi connectivity index (χ1) is 12.7. The minimum absolute atomic E-state index is 0.105. The molecule has 3 aromatic rings. The van der Waals surface area contributed by atoms with Gasteiger partial charge in [-0.05, 0) is 42.0 Å². The maximum Gasteiger partial charge on any atom is 0.259 e. The number of nitrogens with zero attached hydrogens (tertiary/aromatic N) is 2. The van der Waals surface area contributed by atoms with E-state index in [1.807, 2.05) is 24.3 Å². The van der Waals surface area contributed by atoms with Crippen LogP contribution in [0.5, 0.6) is 5.75 Å². The van der Waals surface area contributed by atoms with E-state index in [1.165, 1.54) is 18.2 Å². The van der Waals surface area contributed by atoms with Crippen molar-refractivity contribution in [2.24, 2.45) is 4.99 Å². The smallest absolute Gasteiger partial charge is 0.259 e. The fourth-order valence-electron chi connectivity index (χ4n) is 2.90. The van der Waals surface area contributed by atoms with Crippen molar-refractivity contribution in [3.8, 4) is 11.8 Å². The summed E-state index contributed by atoms with van der Waals surface area (Å²) in [6, 6.07) is 13.5. The Morgan fingerprint density at radius 3 is 2.85 bits per heavy atom. The first-order valence-electron chi connectivity index (χ1n) is 7.90. The molecule has 1 aliphatic rings. The van der Waals surface area contributed by atoms with Gasteiger partial charge in [0.05, 0.1) is 42.0 Å². The van der Waals surface area contributed by atoms with E-state index in [0.29, 0.717) is 12.2 Å². The van der Waals surface area contributed by atoms with Gasteiger partial charge >= 0.3 is 0 Å². The second-order valence-corrected chi connectivity index (χ2v) is 5.85. The molecule has 0 saturated heterocycles. The van der Waals surface area contributed by atoms with E-state index in [1.54, 1.807) is 18.6 Å². The number of carbonyl (C=O) groups excluding carboxylic acids is 1. The summed E-state index contributed by atoms with van der Waals surface area (Å²) >= 11 is 0. The number of phenolic OH excluding ortho intramolecular Hbond substituents is 1. The lowest BCUT2D eigenvalue weighted by atomic mass is 10.0. The molecule has 0 fully saturated rings. The lowest BCUT2D eigenvalue weighted by molar-refractivity contribution is 0.102. The Balaban J connectivity index is 1.61. The lowest BCUT2D eigenvalue weighted by Gasteiger charge is -2.09. The predicted molar refractivity (Wildman–Crippen MR) is 95.3 cm³/mol. The highest BCUT2D eigenvalue weighted by atomic mass is 16.3. The summed E-state index contributed by atoms with van der Waals surface area (Å²) in [6.45, 7) is 0.584. The summed E-state index contributed by atoms with van der Waals surface area (Å²) in [5.74, 6) is -0.685. The highest BCUT2D eigenvalue weighted by Gasteiger charge is 2.19. The van der Waals surface area contributed by atoms with Crippen LogP contribution in [0.2, 0.25) is 0 Å². The quantitative estimate of drug-likeness (QED) is 0.761. The molecular weight excluding hydrogens is 330 g/mol. The van der Waals surface area contributed by atoms with Gasteiger partial charge in [-0.15, -0.1) is 0 Å². The Hall–Kier alpha value is -3.85. The molecular formula is C20H13N3O3. The van der Waals surface area contributed by atoms with Crippen LogP contribution < -0.4 is 5.32 Å². The van der Waals surface area contributed by atoms with E-state index in [-0.39, 0.29) is 16.9 Å². The molecule has 1 aromatic heterocycles. The van der Waals surface area contributed by atoms with Crippen molar-refractivity contribution >= 4 is 17.3 Å². The van der Waals surface area contributed by atoms with Crippen molar-refractivity contribution in [1.82, 2.24) is 0 Å². The summed E-state index contributed by atoms with van der Waals surface area (Å²) in [7, 11) is 0. The van der Waals surface area contributed by atoms with Crippen molar-refractivity contribution in [1.29, 1.82) is 5.26 Å². The van der Waals surface area contributed by atoms with Crippen molar-refractivity contribution in [3.05, 3.63) is 82.8 Å². The topological polar surface area (TPSA) is 98.6 Å². The van der Waals surface area contributed by atoms with Gasteiger partial charge < -0.3 is 14.8 Å². The molecule has 0 aliphatic carbocycles. The maximum atomic E-state index is 12.4. The molecule has 0 unspecified atom stereocenters. The van der Waals surface area contributed by atoms with Crippen LogP contribution in [-0.4, -0.2) is 16.7 Å². The highest BCUT2D eigenvalue weighted by Crippen LogP contribution is 2.27. The number of amides is 1. The van der Waals surface area contributed by atoms with E-state index in [0.717, 1.165) is 22.4 Å². The van der Waals surface area contributed by atoms with Crippen LogP contribution in [0.15, 0.2) is 64.4 Å². The van der Waals surface area contributed by atoms with Gasteiger partial charge in [-0.2, -0.15) is 5.26 Å². The zero-order chi connectivity index (χ0) is 18.1. The van der Waals surface area contributed by atoms with Gasteiger partial charge in [0.2, 0.25) is 0 Å². The average Bonchev–Trinajstić information content (AvgIpc) is 3.30. The van der Waals surface area contributed by atoms with Gasteiger partial charge in [-0.3, -0.25) is 9.79 Å². The molecule has 1 amide bonds. The first-order valence-corrected chi connectivity index (χ1v) is 7.90. The SMILES string of the molecule is N#Cc1ccc(C(=O)Nc2ccc3c(c2)C(c2ccoc2)=NC3)c(O)c1. The molecule has 6 heteroatoms. The summed E-state index contributed by atoms with van der Waals surface area (Å²) in [6.07, 6.45) is 3.23. The van der Waals surface area contributed by atoms with Gasteiger partial charge in [0, 0.05) is 16.8 Å². The summed E-state index contributed by atoms with van der Waals surface area (Å²) < 4.78 is 5.13. The third-order valence-electron chi connectivity index (χ3n) is 4.20. The van der Waals surface area contributed by atoms with Crippen molar-refractivity contribution in [3.63, 3.8) is 0 Å². The standard InChI is InChI=1S/C20H13N3O3/c21-9-12-1-4-16(18(24)7-12)20(25)23-15-3-2-13-10-22-19(17(13)8-15)14-5-6-26-11-14/h1-8,11,24H,10H2,(H,23,25). The van der Waals surface area contributed by atoms with E-state index in [4.69, 9.17) is 9.68 Å². The number of carbonyl (C=O) groups is 1. The average molecular weight is 343 g/mol. The molecule has 126 valence electrons. The number of nitrogens with one attached hydrogen (secondary N) is 1. The van der Waals surface area contributed by atoms with Crippen LogP contribution in [0.1, 0.15) is 32.6 Å². The highest BCUT2D eigenvalue weighted by molar-refractivity contribution is 6.16. The van der Waals surface area contributed by atoms with Gasteiger partial charge in [-0.25, -0.2) is 0 Å². The fourth-order valence-corrected chi connectivity index (χ4v) is 2.90. The number of hydrogen-bond donors (Lipinski definition) is 2. The number of aromatic hydroxyl groups is 1. The monoisotopic (exact) mass is 343 g/mol. The van der Waals surface area contributed by atoms with Crippen LogP contribution in [-0.2, 0) is 6.54 Å². The Bertz CT molecular complexity index is 1080. The number of rotatable bonds is 3. The van der Waals surface area contributed by atoms with E-state index < -0.39 is 5.91 Å². The molecule has 0 radical (unpaired) electrons. The fraction of sp³-hybridized carbons (Fsp3) is 0.0500. The Morgan fingerprint density at radius 2 is 2.12 bits per heavy atom. The lowest BCUT2D eigenvalue weighted by Crippen LogP contribution is -2.13. The number of fused-ring (bicyclic) bond motifs is 1. The number of aliphatic imine (C=N–C) groups is 1. The normalized spacial score (nSPS) is 12.2. The van der Waals surface area contributed by atoms with E-state index in [2.05, 4.69) is 10.3 Å². The maximum absolute atomic E-state index is 12.4. The van der Waals surface area contributed by atoms with Crippen molar-refractivity contribution in [2.45, 2.75) is 6.54 Å². The molecule has 0 bridgehead atoms. The van der Waals surface area contributed by atoms with Gasteiger partial charge in [0.15, 0.2) is 0 Å². The van der Waals surface area contributed by atoms with Crippen LogP contribution >= 0.6 is 0 Å². The number of nitriles is 1. The van der Waals surface area contributed by atoms with Crippen LogP contribution in [0.25, 0.3) is 0 Å². The van der Waals surface area contributed by atoms with Gasteiger partial charge in [0.25, 0.3) is 5.91 Å². The number of hydrogen-bond acceptors (Lipinski definition) is 5. The second-order valence-electron chi connectivity index (χ2n) is 5.85. The second kappa shape index (κ2) is 6.22. The van der Waals surface area contributed by atoms with Crippen molar-refractivity contribution in [2.75, 3.05) is 5.32 Å². The first kappa shape index (κ1) is 15.7. The largest absolute Gasteiger partial charge is 0.507 e. The molecule has 4 rings (SSSR count). The summed E-state index contributed by atoms with van der Waals surface area (Å²) in [5.41, 5.74) is 4.71. The van der Waals surface area contributed by atoms with Gasteiger partial charge in [0.1, 0.15) is 5.75 Å². The van der Waals surface area contributed by atoms with Crippen LogP contribution in [0.4, 0.5) is 5.69 Å². The molecule has 2 heterocycles. The van der Waals surface area contributed by atoms with Crippen LogP contribution in [0.3, 0.4) is 0 Å². The van der Waals surface area contributed by atoms with Crippen molar-refractivity contribution < 1.29 is 14.3 Å². The summed E-state index contributed by atoms with van der Waals surface area (Å²) in [4.78, 5) is 17.0. The third-order valence-corrected chi connectivity index (χ3v) is 4.20. The Morgan fingerprint density at radius 1 is 1.23 bits per heavy atom. The predicted octanol–water partition coefficient (Wildman–Crippen LogP) is 3.46. The number of anilines is 1. The van der Waals surface area contributed by atoms with Crippen LogP contribution in [0, 0.1) is 11.3 Å². The molecule has 1 aliphatic heterocycles. The molecule has 0 saturated carbocycles. The zero-order valence-corrected chi connectivity index (χ0v) is 13.6. The van der Waals surface area contributed by atoms with Gasteiger partial charge in [-0.1, -0.05) is 6.07 Å². The third kappa shape index (κ3) is 2.72. The minimum Gasteiger partial charge on any atom is -0.507 e. The Kier molecular flexibility index (Phi) is 3.75. The number of benzene rings is 2. The zero-order valence-electron chi connectivity index (χ0n) is 13.6. The van der Waals surface area contributed by atoms with E-state index >= 15 is 0 Å². The summed E-state index contributed by atoms with van der Waals surface area (Å²) in [5, 5.41) is 21.6. The molecule has 2 N–H and O–H groups in total. The Labute approximate surface area is 149 Å². The number of phenols is 1. The molecule has 0 spiro atoms. The minimum atomic E-state index is -0.452. The van der Waals surface area contributed by atoms with E-state index in [9.17, 15) is 9.90 Å². The molecule has 6 nitrogen and oxygen atoms in total. The number of furan rings is 1. The molecule has 2 aromatic carbocycles. The molecule has 0 atom stereocenters. The molecule has 26 heavy (non-hydrogen) atoms.